The van der Waals surface area contributed by atoms with E-state index in [0.717, 1.165) is 33.3 Å². The molecule has 0 fully saturated rings. The Morgan fingerprint density at radius 3 is 1.51 bits per heavy atom. The zero-order valence-electron chi connectivity index (χ0n) is 27.6. The van der Waals surface area contributed by atoms with E-state index in [2.05, 4.69) is 179 Å². The van der Waals surface area contributed by atoms with E-state index < -0.39 is 0 Å². The molecule has 3 heteroatoms. The van der Waals surface area contributed by atoms with Crippen molar-refractivity contribution in [2.75, 3.05) is 0 Å². The highest BCUT2D eigenvalue weighted by molar-refractivity contribution is 6.29. The molecule has 0 unspecified atom stereocenters. The summed E-state index contributed by atoms with van der Waals surface area (Å²) in [6.07, 6.45) is 0. The Balaban J connectivity index is 1.14. The second kappa shape index (κ2) is 10.8. The van der Waals surface area contributed by atoms with Crippen molar-refractivity contribution in [3.8, 4) is 33.6 Å². The van der Waals surface area contributed by atoms with Crippen LogP contribution in [-0.4, -0.2) is 9.13 Å². The minimum atomic E-state index is 0.895. The number of hydrogen-bond donors (Lipinski definition) is 0. The molecule has 0 N–H and O–H groups in total. The Hall–Kier alpha value is -6.84. The Kier molecular flexibility index (Phi) is 5.96. The first kappa shape index (κ1) is 28.0. The molecule has 0 atom stereocenters. The lowest BCUT2D eigenvalue weighted by molar-refractivity contribution is 0.668. The molecule has 0 aliphatic carbocycles. The van der Waals surface area contributed by atoms with E-state index in [1.807, 2.05) is 12.1 Å². The first-order chi connectivity index (χ1) is 25.3. The van der Waals surface area contributed by atoms with Crippen molar-refractivity contribution in [3.05, 3.63) is 182 Å². The van der Waals surface area contributed by atoms with E-state index in [9.17, 15) is 0 Å². The van der Waals surface area contributed by atoms with Gasteiger partial charge in [-0.15, -0.1) is 0 Å². The van der Waals surface area contributed by atoms with Crippen molar-refractivity contribution in [2.24, 2.45) is 0 Å². The van der Waals surface area contributed by atoms with Gasteiger partial charge in [0.1, 0.15) is 11.2 Å². The van der Waals surface area contributed by atoms with Gasteiger partial charge in [0.15, 0.2) is 0 Å². The molecule has 0 amide bonds. The van der Waals surface area contributed by atoms with Crippen LogP contribution in [-0.2, 0) is 0 Å². The summed E-state index contributed by atoms with van der Waals surface area (Å²) in [5.74, 6) is 0. The van der Waals surface area contributed by atoms with Crippen LogP contribution in [0.5, 0.6) is 0 Å². The molecular weight excluding hydrogens is 621 g/mol. The van der Waals surface area contributed by atoms with Gasteiger partial charge in [0, 0.05) is 49.8 Å². The normalized spacial score (nSPS) is 11.9. The maximum Gasteiger partial charge on any atom is 0.137 e. The molecule has 0 aliphatic rings. The van der Waals surface area contributed by atoms with Crippen LogP contribution in [0.4, 0.5) is 0 Å². The number of aromatic nitrogens is 2. The van der Waals surface area contributed by atoms with Crippen LogP contribution in [0.15, 0.2) is 186 Å². The lowest BCUT2D eigenvalue weighted by Gasteiger charge is -2.12. The van der Waals surface area contributed by atoms with Crippen LogP contribution in [0, 0.1) is 0 Å². The smallest absolute Gasteiger partial charge is 0.137 e. The molecule has 3 heterocycles. The molecule has 51 heavy (non-hydrogen) atoms. The van der Waals surface area contributed by atoms with Gasteiger partial charge in [0.05, 0.1) is 22.1 Å². The number of nitrogens with zero attached hydrogens (tertiary/aromatic N) is 2. The second-order valence-electron chi connectivity index (χ2n) is 13.3. The summed E-state index contributed by atoms with van der Waals surface area (Å²) in [6.45, 7) is 0. The first-order valence-electron chi connectivity index (χ1n) is 17.4. The molecule has 0 saturated heterocycles. The first-order valence-corrected chi connectivity index (χ1v) is 17.4. The summed E-state index contributed by atoms with van der Waals surface area (Å²) in [6, 6.07) is 65.5. The maximum atomic E-state index is 6.35. The van der Waals surface area contributed by atoms with Crippen molar-refractivity contribution in [1.82, 2.24) is 9.13 Å². The van der Waals surface area contributed by atoms with E-state index >= 15 is 0 Å². The summed E-state index contributed by atoms with van der Waals surface area (Å²) in [4.78, 5) is 0. The number of furan rings is 1. The largest absolute Gasteiger partial charge is 0.456 e. The minimum Gasteiger partial charge on any atom is -0.456 e. The summed E-state index contributed by atoms with van der Waals surface area (Å²) in [5.41, 5.74) is 13.6. The summed E-state index contributed by atoms with van der Waals surface area (Å²) in [7, 11) is 0. The van der Waals surface area contributed by atoms with Crippen LogP contribution < -0.4 is 0 Å². The van der Waals surface area contributed by atoms with Crippen molar-refractivity contribution in [2.45, 2.75) is 0 Å². The molecule has 11 aromatic rings. The van der Waals surface area contributed by atoms with Gasteiger partial charge < -0.3 is 13.6 Å². The van der Waals surface area contributed by atoms with E-state index in [-0.39, 0.29) is 0 Å². The van der Waals surface area contributed by atoms with E-state index in [0.29, 0.717) is 0 Å². The van der Waals surface area contributed by atoms with E-state index in [1.54, 1.807) is 0 Å². The monoisotopic (exact) mass is 650 g/mol. The van der Waals surface area contributed by atoms with Crippen molar-refractivity contribution in [3.63, 3.8) is 0 Å². The highest BCUT2D eigenvalue weighted by Crippen LogP contribution is 2.43. The number of benzene rings is 8. The third kappa shape index (κ3) is 4.19. The van der Waals surface area contributed by atoms with E-state index in [4.69, 9.17) is 4.42 Å². The predicted molar refractivity (Wildman–Crippen MR) is 213 cm³/mol. The molecule has 3 aromatic heterocycles. The molecule has 11 rings (SSSR count). The van der Waals surface area contributed by atoms with Gasteiger partial charge in [-0.25, -0.2) is 0 Å². The summed E-state index contributed by atoms with van der Waals surface area (Å²) >= 11 is 0. The van der Waals surface area contributed by atoms with Crippen molar-refractivity contribution < 1.29 is 4.42 Å². The fraction of sp³-hybridized carbons (Fsp3) is 0. The van der Waals surface area contributed by atoms with Gasteiger partial charge >= 0.3 is 0 Å². The molecule has 238 valence electrons. The highest BCUT2D eigenvalue weighted by Gasteiger charge is 2.21. The Labute approximate surface area is 293 Å². The van der Waals surface area contributed by atoms with Gasteiger partial charge in [-0.05, 0) is 82.9 Å². The quantitative estimate of drug-likeness (QED) is 0.186. The molecule has 3 nitrogen and oxygen atoms in total. The average molecular weight is 651 g/mol. The van der Waals surface area contributed by atoms with Crippen molar-refractivity contribution in [1.29, 1.82) is 0 Å². The fourth-order valence-corrected chi connectivity index (χ4v) is 8.26. The van der Waals surface area contributed by atoms with E-state index in [1.165, 1.54) is 65.9 Å². The van der Waals surface area contributed by atoms with Gasteiger partial charge in [-0.3, -0.25) is 0 Å². The number of fused-ring (bicyclic) bond motifs is 10. The van der Waals surface area contributed by atoms with Crippen LogP contribution >= 0.6 is 0 Å². The van der Waals surface area contributed by atoms with Crippen LogP contribution in [0.2, 0.25) is 0 Å². The number of rotatable bonds is 4. The molecular formula is C48H30N2O. The molecule has 0 spiro atoms. The third-order valence-corrected chi connectivity index (χ3v) is 10.5. The third-order valence-electron chi connectivity index (χ3n) is 10.5. The molecule has 0 bridgehead atoms. The second-order valence-corrected chi connectivity index (χ2v) is 13.3. The highest BCUT2D eigenvalue weighted by atomic mass is 16.3. The Morgan fingerprint density at radius 2 is 0.804 bits per heavy atom. The molecule has 8 aromatic carbocycles. The zero-order chi connectivity index (χ0) is 33.5. The predicted octanol–water partition coefficient (Wildman–Crippen LogP) is 13.1. The summed E-state index contributed by atoms with van der Waals surface area (Å²) in [5, 5.41) is 7.27. The van der Waals surface area contributed by atoms with Crippen molar-refractivity contribution >= 4 is 65.6 Å². The SMILES string of the molecule is c1ccc(-c2cccc(-c3cccc(-n4c5ccccc5c5c6c7ccccc7n(-c7ccc8c(c7)oc7ccccc78)c6ccc54)c3)c2)cc1. The van der Waals surface area contributed by atoms with Gasteiger partial charge in [-0.1, -0.05) is 115 Å². The Morgan fingerprint density at radius 1 is 0.294 bits per heavy atom. The Bertz CT molecular complexity index is 3140. The van der Waals surface area contributed by atoms with Crippen LogP contribution in [0.25, 0.3) is 99.2 Å². The van der Waals surface area contributed by atoms with Crippen LogP contribution in [0.3, 0.4) is 0 Å². The number of hydrogen-bond acceptors (Lipinski definition) is 1. The standard InChI is InChI=1S/C48H30N2O/c1-2-12-31(13-3-1)32-14-10-15-33(28-32)34-16-11-17-35(29-34)49-41-21-7-4-19-39(41)47-43(49)26-27-44-48(47)40-20-5-8-22-42(40)50(44)36-24-25-38-37-18-6-9-23-45(37)51-46(38)30-36/h1-30H. The lowest BCUT2D eigenvalue weighted by Crippen LogP contribution is -1.95. The maximum absolute atomic E-state index is 6.35. The van der Waals surface area contributed by atoms with Gasteiger partial charge in [0.2, 0.25) is 0 Å². The molecule has 0 saturated carbocycles. The molecule has 0 radical (unpaired) electrons. The molecule has 0 aliphatic heterocycles. The zero-order valence-corrected chi connectivity index (χ0v) is 27.6. The lowest BCUT2D eigenvalue weighted by atomic mass is 9.99. The van der Waals surface area contributed by atoms with Gasteiger partial charge in [-0.2, -0.15) is 0 Å². The van der Waals surface area contributed by atoms with Crippen LogP contribution in [0.1, 0.15) is 0 Å². The summed E-state index contributed by atoms with van der Waals surface area (Å²) < 4.78 is 11.2. The van der Waals surface area contributed by atoms with Gasteiger partial charge in [0.25, 0.3) is 0 Å². The minimum absolute atomic E-state index is 0.895. The average Bonchev–Trinajstić information content (AvgIpc) is 3.85. The number of para-hydroxylation sites is 3. The topological polar surface area (TPSA) is 23.0 Å². The fourth-order valence-electron chi connectivity index (χ4n) is 8.26.